The maximum Gasteiger partial charge on any atom is 0.312 e. The number of ether oxygens (including phenoxy) is 2. The topological polar surface area (TPSA) is 59.0 Å². The van der Waals surface area contributed by atoms with E-state index in [0.29, 0.717) is 43.8 Å². The molecule has 0 radical (unpaired) electrons. The molecule has 0 aromatic heterocycles. The average molecular weight is 325 g/mol. The Morgan fingerprint density at radius 3 is 2.52 bits per heavy atom. The van der Waals surface area contributed by atoms with E-state index in [2.05, 4.69) is 4.90 Å². The van der Waals surface area contributed by atoms with Gasteiger partial charge in [0.25, 0.3) is 0 Å². The first-order valence-corrected chi connectivity index (χ1v) is 7.69. The van der Waals surface area contributed by atoms with E-state index in [-0.39, 0.29) is 12.4 Å². The lowest BCUT2D eigenvalue weighted by Gasteiger charge is -2.38. The molecule has 1 aliphatic rings. The van der Waals surface area contributed by atoms with Gasteiger partial charge >= 0.3 is 5.97 Å². The Kier molecular flexibility index (Phi) is 5.59. The largest absolute Gasteiger partial charge is 0.496 e. The lowest BCUT2D eigenvalue weighted by molar-refractivity contribution is -0.156. The van der Waals surface area contributed by atoms with Crippen LogP contribution in [-0.4, -0.2) is 49.9 Å². The summed E-state index contributed by atoms with van der Waals surface area (Å²) in [4.78, 5) is 13.6. The molecule has 1 saturated heterocycles. The Morgan fingerprint density at radius 2 is 2.00 bits per heavy atom. The van der Waals surface area contributed by atoms with Gasteiger partial charge in [0.1, 0.15) is 11.6 Å². The minimum atomic E-state index is -0.825. The summed E-state index contributed by atoms with van der Waals surface area (Å²) in [6.07, 6.45) is 1.00. The Balaban J connectivity index is 2.06. The number of nitrogens with zero attached hydrogens (tertiary/aromatic N) is 1. The SMILES string of the molecule is COCC1(C(=O)O)CCN(Cc2cc(OC)c(C)cc2F)CC1. The number of benzene rings is 1. The molecular formula is C17H24FNO4. The fourth-order valence-electron chi connectivity index (χ4n) is 3.11. The number of carboxylic acid groups (broad SMARTS) is 1. The van der Waals surface area contributed by atoms with E-state index in [1.54, 1.807) is 20.1 Å². The van der Waals surface area contributed by atoms with E-state index < -0.39 is 11.4 Å². The number of aliphatic carboxylic acids is 1. The second kappa shape index (κ2) is 7.27. The molecule has 0 atom stereocenters. The monoisotopic (exact) mass is 325 g/mol. The number of methoxy groups -OCH3 is 2. The summed E-state index contributed by atoms with van der Waals surface area (Å²) in [6, 6.07) is 3.20. The highest BCUT2D eigenvalue weighted by Gasteiger charge is 2.41. The highest BCUT2D eigenvalue weighted by molar-refractivity contribution is 5.75. The number of piperidine rings is 1. The van der Waals surface area contributed by atoms with E-state index in [0.717, 1.165) is 5.56 Å². The van der Waals surface area contributed by atoms with Crippen LogP contribution in [0.1, 0.15) is 24.0 Å². The van der Waals surface area contributed by atoms with E-state index in [4.69, 9.17) is 9.47 Å². The summed E-state index contributed by atoms with van der Waals surface area (Å²) in [5, 5.41) is 9.46. The molecule has 1 fully saturated rings. The molecule has 0 unspecified atom stereocenters. The van der Waals surface area contributed by atoms with Gasteiger partial charge in [-0.3, -0.25) is 9.69 Å². The van der Waals surface area contributed by atoms with Gasteiger partial charge in [-0.15, -0.1) is 0 Å². The van der Waals surface area contributed by atoms with Crippen molar-refractivity contribution in [3.05, 3.63) is 29.1 Å². The van der Waals surface area contributed by atoms with Crippen LogP contribution in [0.3, 0.4) is 0 Å². The molecule has 5 nitrogen and oxygen atoms in total. The Bertz CT molecular complexity index is 568. The van der Waals surface area contributed by atoms with Crippen LogP contribution in [0.5, 0.6) is 5.75 Å². The first kappa shape index (κ1) is 17.7. The minimum absolute atomic E-state index is 0.211. The number of carbonyl (C=O) groups is 1. The Morgan fingerprint density at radius 1 is 1.35 bits per heavy atom. The zero-order valence-corrected chi connectivity index (χ0v) is 13.9. The number of hydrogen-bond acceptors (Lipinski definition) is 4. The summed E-state index contributed by atoms with van der Waals surface area (Å²) >= 11 is 0. The van der Waals surface area contributed by atoms with E-state index in [1.165, 1.54) is 13.2 Å². The highest BCUT2D eigenvalue weighted by atomic mass is 19.1. The quantitative estimate of drug-likeness (QED) is 0.870. The molecule has 0 spiro atoms. The van der Waals surface area contributed by atoms with Gasteiger partial charge in [0.2, 0.25) is 0 Å². The molecule has 2 rings (SSSR count). The summed E-state index contributed by atoms with van der Waals surface area (Å²) < 4.78 is 24.5. The molecule has 1 aromatic rings. The van der Waals surface area contributed by atoms with Crippen LogP contribution in [0.15, 0.2) is 12.1 Å². The second-order valence-electron chi connectivity index (χ2n) is 6.21. The van der Waals surface area contributed by atoms with Gasteiger partial charge < -0.3 is 14.6 Å². The maximum absolute atomic E-state index is 14.1. The molecule has 23 heavy (non-hydrogen) atoms. The summed E-state index contributed by atoms with van der Waals surface area (Å²) in [5.41, 5.74) is 0.508. The maximum atomic E-state index is 14.1. The van der Waals surface area contributed by atoms with Gasteiger partial charge in [-0.05, 0) is 50.6 Å². The Labute approximate surface area is 136 Å². The van der Waals surface area contributed by atoms with Crippen LogP contribution in [0.2, 0.25) is 0 Å². The molecule has 0 saturated carbocycles. The minimum Gasteiger partial charge on any atom is -0.496 e. The van der Waals surface area contributed by atoms with Gasteiger partial charge in [-0.25, -0.2) is 4.39 Å². The van der Waals surface area contributed by atoms with Gasteiger partial charge in [-0.1, -0.05) is 0 Å². The predicted molar refractivity (Wildman–Crippen MR) is 84.1 cm³/mol. The molecule has 1 aromatic carbocycles. The van der Waals surface area contributed by atoms with Crippen molar-refractivity contribution >= 4 is 5.97 Å². The van der Waals surface area contributed by atoms with E-state index in [1.807, 2.05) is 0 Å². The fraction of sp³-hybridized carbons (Fsp3) is 0.588. The lowest BCUT2D eigenvalue weighted by atomic mass is 9.79. The van der Waals surface area contributed by atoms with Crippen LogP contribution in [-0.2, 0) is 16.1 Å². The predicted octanol–water partition coefficient (Wildman–Crippen LogP) is 2.46. The third kappa shape index (κ3) is 3.82. The van der Waals surface area contributed by atoms with Gasteiger partial charge in [-0.2, -0.15) is 0 Å². The number of aryl methyl sites for hydroxylation is 1. The highest BCUT2D eigenvalue weighted by Crippen LogP contribution is 2.33. The van der Waals surface area contributed by atoms with Crippen molar-refractivity contribution in [2.24, 2.45) is 5.41 Å². The van der Waals surface area contributed by atoms with Crippen molar-refractivity contribution in [3.8, 4) is 5.75 Å². The van der Waals surface area contributed by atoms with E-state index in [9.17, 15) is 14.3 Å². The molecule has 0 bridgehead atoms. The third-order valence-electron chi connectivity index (χ3n) is 4.65. The molecule has 0 aliphatic carbocycles. The normalized spacial score (nSPS) is 17.9. The zero-order valence-electron chi connectivity index (χ0n) is 13.9. The average Bonchev–Trinajstić information content (AvgIpc) is 2.52. The van der Waals surface area contributed by atoms with Crippen molar-refractivity contribution in [3.63, 3.8) is 0 Å². The zero-order chi connectivity index (χ0) is 17.0. The van der Waals surface area contributed by atoms with Crippen molar-refractivity contribution in [2.45, 2.75) is 26.3 Å². The summed E-state index contributed by atoms with van der Waals surface area (Å²) in [7, 11) is 3.09. The molecule has 128 valence electrons. The fourth-order valence-corrected chi connectivity index (χ4v) is 3.11. The van der Waals surface area contributed by atoms with Crippen molar-refractivity contribution in [1.82, 2.24) is 4.90 Å². The number of hydrogen-bond donors (Lipinski definition) is 1. The van der Waals surface area contributed by atoms with Crippen molar-refractivity contribution < 1.29 is 23.8 Å². The summed E-state index contributed by atoms with van der Waals surface area (Å²) in [5.74, 6) is -0.407. The molecule has 1 N–H and O–H groups in total. The molecule has 0 amide bonds. The van der Waals surface area contributed by atoms with Crippen LogP contribution < -0.4 is 4.74 Å². The number of likely N-dealkylation sites (tertiary alicyclic amines) is 1. The molecular weight excluding hydrogens is 301 g/mol. The van der Waals surface area contributed by atoms with Crippen molar-refractivity contribution in [1.29, 1.82) is 0 Å². The van der Waals surface area contributed by atoms with Gasteiger partial charge in [0, 0.05) is 19.2 Å². The van der Waals surface area contributed by atoms with Crippen LogP contribution in [0.25, 0.3) is 0 Å². The Hall–Kier alpha value is -1.66. The summed E-state index contributed by atoms with van der Waals surface area (Å²) in [6.45, 7) is 3.67. The molecule has 1 aliphatic heterocycles. The second-order valence-corrected chi connectivity index (χ2v) is 6.21. The van der Waals surface area contributed by atoms with Crippen LogP contribution >= 0.6 is 0 Å². The van der Waals surface area contributed by atoms with Gasteiger partial charge in [0.05, 0.1) is 19.1 Å². The molecule has 1 heterocycles. The number of halogens is 1. The smallest absolute Gasteiger partial charge is 0.312 e. The van der Waals surface area contributed by atoms with Crippen molar-refractivity contribution in [2.75, 3.05) is 33.9 Å². The van der Waals surface area contributed by atoms with E-state index >= 15 is 0 Å². The first-order valence-electron chi connectivity index (χ1n) is 7.69. The van der Waals surface area contributed by atoms with Gasteiger partial charge in [0.15, 0.2) is 0 Å². The first-order chi connectivity index (χ1) is 10.9. The number of rotatable bonds is 6. The standard InChI is InChI=1S/C17H24FNO4/c1-12-8-14(18)13(9-15(12)23-3)10-19-6-4-17(5-7-19,11-22-2)16(20)21/h8-9H,4-7,10-11H2,1-3H3,(H,20,21). The van der Waals surface area contributed by atoms with Crippen LogP contribution in [0.4, 0.5) is 4.39 Å². The number of carboxylic acids is 1. The third-order valence-corrected chi connectivity index (χ3v) is 4.65. The molecule has 6 heteroatoms. The lowest BCUT2D eigenvalue weighted by Crippen LogP contribution is -2.46. The van der Waals surface area contributed by atoms with Crippen LogP contribution in [0, 0.1) is 18.2 Å².